The summed E-state index contributed by atoms with van der Waals surface area (Å²) >= 11 is 1.60. The highest BCUT2D eigenvalue weighted by molar-refractivity contribution is 7.99. The van der Waals surface area contributed by atoms with Gasteiger partial charge in [-0.1, -0.05) is 31.1 Å². The van der Waals surface area contributed by atoms with Crippen LogP contribution in [0.2, 0.25) is 0 Å². The van der Waals surface area contributed by atoms with Gasteiger partial charge in [-0.25, -0.2) is 0 Å². The SMILES string of the molecule is CC(C)CNC(=O)[C@@H]1CSCN1C(=O)Cc1noc2ccccc12. The van der Waals surface area contributed by atoms with Crippen LogP contribution in [0.4, 0.5) is 0 Å². The van der Waals surface area contributed by atoms with Crippen LogP contribution in [-0.2, 0) is 16.0 Å². The minimum atomic E-state index is -0.403. The third-order valence-electron chi connectivity index (χ3n) is 3.96. The molecule has 24 heavy (non-hydrogen) atoms. The van der Waals surface area contributed by atoms with Crippen LogP contribution < -0.4 is 5.32 Å². The molecule has 0 aliphatic carbocycles. The Bertz CT molecular complexity index is 744. The Balaban J connectivity index is 1.68. The largest absolute Gasteiger partial charge is 0.356 e. The van der Waals surface area contributed by atoms with E-state index in [0.29, 0.717) is 35.4 Å². The summed E-state index contributed by atoms with van der Waals surface area (Å²) < 4.78 is 5.25. The number of aromatic nitrogens is 1. The zero-order chi connectivity index (χ0) is 17.1. The second kappa shape index (κ2) is 7.25. The quantitative estimate of drug-likeness (QED) is 0.896. The molecule has 3 rings (SSSR count). The molecule has 0 radical (unpaired) electrons. The minimum Gasteiger partial charge on any atom is -0.356 e. The van der Waals surface area contributed by atoms with Crippen LogP contribution in [0.15, 0.2) is 28.8 Å². The van der Waals surface area contributed by atoms with E-state index in [4.69, 9.17) is 4.52 Å². The molecule has 128 valence electrons. The summed E-state index contributed by atoms with van der Waals surface area (Å²) in [7, 11) is 0. The molecule has 1 fully saturated rings. The van der Waals surface area contributed by atoms with E-state index in [0.717, 1.165) is 5.39 Å². The monoisotopic (exact) mass is 347 g/mol. The number of benzene rings is 1. The van der Waals surface area contributed by atoms with Gasteiger partial charge in [0.2, 0.25) is 11.8 Å². The predicted molar refractivity (Wildman–Crippen MR) is 93.5 cm³/mol. The number of amides is 2. The Labute approximate surface area is 144 Å². The highest BCUT2D eigenvalue weighted by Crippen LogP contribution is 2.24. The first-order chi connectivity index (χ1) is 11.6. The van der Waals surface area contributed by atoms with Crippen molar-refractivity contribution in [3.05, 3.63) is 30.0 Å². The maximum atomic E-state index is 12.7. The smallest absolute Gasteiger partial charge is 0.243 e. The van der Waals surface area contributed by atoms with Crippen LogP contribution in [-0.4, -0.2) is 46.1 Å². The first kappa shape index (κ1) is 16.8. The second-order valence-electron chi connectivity index (χ2n) is 6.32. The number of carbonyl (C=O) groups excluding carboxylic acids is 2. The van der Waals surface area contributed by atoms with E-state index < -0.39 is 6.04 Å². The van der Waals surface area contributed by atoms with Gasteiger partial charge < -0.3 is 14.7 Å². The number of nitrogens with zero attached hydrogens (tertiary/aromatic N) is 2. The highest BCUT2D eigenvalue weighted by atomic mass is 32.2. The van der Waals surface area contributed by atoms with Crippen LogP contribution in [0.1, 0.15) is 19.5 Å². The van der Waals surface area contributed by atoms with Gasteiger partial charge >= 0.3 is 0 Å². The second-order valence-corrected chi connectivity index (χ2v) is 7.32. The molecule has 0 saturated carbocycles. The van der Waals surface area contributed by atoms with Gasteiger partial charge in [0.25, 0.3) is 0 Å². The molecule has 1 aromatic heterocycles. The van der Waals surface area contributed by atoms with Crippen LogP contribution in [0.25, 0.3) is 11.0 Å². The van der Waals surface area contributed by atoms with Crippen molar-refractivity contribution in [1.29, 1.82) is 0 Å². The topological polar surface area (TPSA) is 75.4 Å². The average Bonchev–Trinajstić information content (AvgIpc) is 3.20. The number of thioether (sulfide) groups is 1. The Hall–Kier alpha value is -2.02. The number of nitrogens with one attached hydrogen (secondary N) is 1. The van der Waals surface area contributed by atoms with E-state index in [1.807, 2.05) is 38.1 Å². The molecule has 2 heterocycles. The summed E-state index contributed by atoms with van der Waals surface area (Å²) in [4.78, 5) is 26.6. The van der Waals surface area contributed by atoms with Crippen LogP contribution in [0.3, 0.4) is 0 Å². The van der Waals surface area contributed by atoms with E-state index in [2.05, 4.69) is 10.5 Å². The average molecular weight is 347 g/mol. The lowest BCUT2D eigenvalue weighted by atomic mass is 10.1. The van der Waals surface area contributed by atoms with Crippen molar-refractivity contribution in [3.63, 3.8) is 0 Å². The molecule has 7 heteroatoms. The number of para-hydroxylation sites is 1. The summed E-state index contributed by atoms with van der Waals surface area (Å²) in [5, 5.41) is 7.77. The number of rotatable bonds is 5. The van der Waals surface area contributed by atoms with Crippen molar-refractivity contribution in [3.8, 4) is 0 Å². The van der Waals surface area contributed by atoms with Crippen molar-refractivity contribution < 1.29 is 14.1 Å². The molecule has 2 aromatic rings. The minimum absolute atomic E-state index is 0.0768. The Morgan fingerprint density at radius 3 is 3.00 bits per heavy atom. The maximum absolute atomic E-state index is 12.7. The summed E-state index contributed by atoms with van der Waals surface area (Å²) in [5.74, 6) is 1.38. The summed E-state index contributed by atoms with van der Waals surface area (Å²) in [6.07, 6.45) is 0.144. The van der Waals surface area contributed by atoms with Crippen molar-refractivity contribution >= 4 is 34.5 Å². The molecule has 2 amide bonds. The van der Waals surface area contributed by atoms with Crippen molar-refractivity contribution in [2.75, 3.05) is 18.2 Å². The maximum Gasteiger partial charge on any atom is 0.243 e. The van der Waals surface area contributed by atoms with Crippen molar-refractivity contribution in [2.24, 2.45) is 5.92 Å². The first-order valence-electron chi connectivity index (χ1n) is 8.04. The summed E-state index contributed by atoms with van der Waals surface area (Å²) in [6, 6.07) is 7.07. The Morgan fingerprint density at radius 1 is 1.42 bits per heavy atom. The van der Waals surface area contributed by atoms with E-state index in [-0.39, 0.29) is 18.2 Å². The molecule has 1 saturated heterocycles. The fraction of sp³-hybridized carbons (Fsp3) is 0.471. The molecule has 1 aromatic carbocycles. The molecule has 0 spiro atoms. The van der Waals surface area contributed by atoms with E-state index in [1.165, 1.54) is 0 Å². The molecule has 1 atom stereocenters. The number of hydrogen-bond acceptors (Lipinski definition) is 5. The van der Waals surface area contributed by atoms with Gasteiger partial charge in [-0.15, -0.1) is 11.8 Å². The molecule has 1 aliphatic rings. The molecule has 1 aliphatic heterocycles. The predicted octanol–water partition coefficient (Wildman–Crippen LogP) is 2.04. The van der Waals surface area contributed by atoms with Crippen molar-refractivity contribution in [1.82, 2.24) is 15.4 Å². The van der Waals surface area contributed by atoms with E-state index in [1.54, 1.807) is 16.7 Å². The summed E-state index contributed by atoms with van der Waals surface area (Å²) in [5.41, 5.74) is 1.29. The first-order valence-corrected chi connectivity index (χ1v) is 9.20. The van der Waals surface area contributed by atoms with Gasteiger partial charge in [-0.05, 0) is 18.1 Å². The van der Waals surface area contributed by atoms with Gasteiger partial charge in [0, 0.05) is 17.7 Å². The molecule has 0 bridgehead atoms. The van der Waals surface area contributed by atoms with Gasteiger partial charge in [-0.2, -0.15) is 0 Å². The molecular weight excluding hydrogens is 326 g/mol. The Morgan fingerprint density at radius 2 is 2.21 bits per heavy atom. The standard InChI is InChI=1S/C17H21N3O3S/c1-11(2)8-18-17(22)14-9-24-10-20(14)16(21)7-13-12-5-3-4-6-15(12)23-19-13/h3-6,11,14H,7-10H2,1-2H3,(H,18,22)/t14-/m0/s1. The van der Waals surface area contributed by atoms with E-state index in [9.17, 15) is 9.59 Å². The lowest BCUT2D eigenvalue weighted by Crippen LogP contribution is -2.48. The number of hydrogen-bond donors (Lipinski definition) is 1. The van der Waals surface area contributed by atoms with Gasteiger partial charge in [0.05, 0.1) is 12.3 Å². The van der Waals surface area contributed by atoms with Gasteiger partial charge in [-0.3, -0.25) is 9.59 Å². The highest BCUT2D eigenvalue weighted by Gasteiger charge is 2.34. The van der Waals surface area contributed by atoms with Crippen molar-refractivity contribution in [2.45, 2.75) is 26.3 Å². The summed E-state index contributed by atoms with van der Waals surface area (Å²) in [6.45, 7) is 4.71. The lowest BCUT2D eigenvalue weighted by Gasteiger charge is -2.23. The fourth-order valence-electron chi connectivity index (χ4n) is 2.64. The fourth-order valence-corrected chi connectivity index (χ4v) is 3.82. The molecule has 6 nitrogen and oxygen atoms in total. The normalized spacial score (nSPS) is 17.6. The van der Waals surface area contributed by atoms with Gasteiger partial charge in [0.15, 0.2) is 5.58 Å². The molecule has 0 unspecified atom stereocenters. The van der Waals surface area contributed by atoms with Crippen LogP contribution in [0, 0.1) is 5.92 Å². The Kier molecular flexibility index (Phi) is 5.08. The third-order valence-corrected chi connectivity index (χ3v) is 4.97. The van der Waals surface area contributed by atoms with Crippen LogP contribution in [0.5, 0.6) is 0 Å². The zero-order valence-corrected chi connectivity index (χ0v) is 14.6. The van der Waals surface area contributed by atoms with Crippen LogP contribution >= 0.6 is 11.8 Å². The number of carbonyl (C=O) groups is 2. The third kappa shape index (κ3) is 3.56. The van der Waals surface area contributed by atoms with E-state index >= 15 is 0 Å². The number of fused-ring (bicyclic) bond motifs is 1. The van der Waals surface area contributed by atoms with Gasteiger partial charge in [0.1, 0.15) is 11.7 Å². The molecule has 1 N–H and O–H groups in total. The zero-order valence-electron chi connectivity index (χ0n) is 13.8. The lowest BCUT2D eigenvalue weighted by molar-refractivity contribution is -0.137. The molecular formula is C17H21N3O3S.